The van der Waals surface area contributed by atoms with Gasteiger partial charge < -0.3 is 5.41 Å². The van der Waals surface area contributed by atoms with Crippen molar-refractivity contribution < 1.29 is 0 Å². The second-order valence-electron chi connectivity index (χ2n) is 2.89. The first-order valence-corrected chi connectivity index (χ1v) is 4.18. The number of hydrogen-bond acceptors (Lipinski definition) is 3. The standard InChI is InChI=1S/C9H12N2S/c1-6-3-4-7(2)9(11-12)8(6)5-10/h3-5,8,10,12H,1-2H3/b10-5?,11-9-. The van der Waals surface area contributed by atoms with Crippen molar-refractivity contribution in [2.45, 2.75) is 13.8 Å². The van der Waals surface area contributed by atoms with E-state index in [-0.39, 0.29) is 5.92 Å². The molecule has 12 heavy (non-hydrogen) atoms. The van der Waals surface area contributed by atoms with Crippen LogP contribution >= 0.6 is 12.8 Å². The number of thiol groups is 1. The van der Waals surface area contributed by atoms with Crippen LogP contribution in [0.25, 0.3) is 0 Å². The predicted molar refractivity (Wildman–Crippen MR) is 56.2 cm³/mol. The quantitative estimate of drug-likeness (QED) is 0.459. The summed E-state index contributed by atoms with van der Waals surface area (Å²) in [4.78, 5) is 0. The minimum atomic E-state index is 0.0208. The van der Waals surface area contributed by atoms with E-state index < -0.39 is 0 Å². The Hall–Kier alpha value is -0.830. The van der Waals surface area contributed by atoms with Gasteiger partial charge in [0.2, 0.25) is 0 Å². The smallest absolute Gasteiger partial charge is 0.0637 e. The molecule has 0 saturated carbocycles. The van der Waals surface area contributed by atoms with Crippen LogP contribution < -0.4 is 0 Å². The van der Waals surface area contributed by atoms with Crippen molar-refractivity contribution in [2.75, 3.05) is 0 Å². The summed E-state index contributed by atoms with van der Waals surface area (Å²) in [5.74, 6) is 0.0208. The number of allylic oxidation sites excluding steroid dienone is 4. The summed E-state index contributed by atoms with van der Waals surface area (Å²) in [6.45, 7) is 3.98. The fraction of sp³-hybridized carbons (Fsp3) is 0.333. The molecule has 0 spiro atoms. The lowest BCUT2D eigenvalue weighted by atomic mass is 9.87. The molecule has 1 atom stereocenters. The third kappa shape index (κ3) is 1.50. The minimum Gasteiger partial charge on any atom is -0.312 e. The van der Waals surface area contributed by atoms with Crippen LogP contribution in [-0.4, -0.2) is 11.9 Å². The largest absolute Gasteiger partial charge is 0.312 e. The third-order valence-corrected chi connectivity index (χ3v) is 2.28. The van der Waals surface area contributed by atoms with Crippen LogP contribution in [0.15, 0.2) is 27.7 Å². The lowest BCUT2D eigenvalue weighted by Gasteiger charge is -2.18. The monoisotopic (exact) mass is 180 g/mol. The van der Waals surface area contributed by atoms with Crippen LogP contribution in [0.1, 0.15) is 13.8 Å². The number of nitrogens with zero attached hydrogens (tertiary/aromatic N) is 1. The summed E-state index contributed by atoms with van der Waals surface area (Å²) in [6.07, 6.45) is 5.43. The van der Waals surface area contributed by atoms with Gasteiger partial charge in [-0.1, -0.05) is 17.7 Å². The number of rotatable bonds is 1. The van der Waals surface area contributed by atoms with Crippen molar-refractivity contribution in [2.24, 2.45) is 10.3 Å². The maximum absolute atomic E-state index is 7.24. The van der Waals surface area contributed by atoms with E-state index in [1.807, 2.05) is 26.0 Å². The van der Waals surface area contributed by atoms with Crippen molar-refractivity contribution in [3.63, 3.8) is 0 Å². The molecule has 0 radical (unpaired) electrons. The van der Waals surface area contributed by atoms with Gasteiger partial charge >= 0.3 is 0 Å². The Balaban J connectivity index is 3.10. The van der Waals surface area contributed by atoms with Gasteiger partial charge in [0.1, 0.15) is 0 Å². The second-order valence-corrected chi connectivity index (χ2v) is 3.09. The van der Waals surface area contributed by atoms with Gasteiger partial charge in [0, 0.05) is 6.21 Å². The van der Waals surface area contributed by atoms with Gasteiger partial charge in [-0.05, 0) is 32.2 Å². The van der Waals surface area contributed by atoms with Crippen molar-refractivity contribution in [1.29, 1.82) is 5.41 Å². The molecular weight excluding hydrogens is 168 g/mol. The Labute approximate surface area is 78.1 Å². The molecule has 0 fully saturated rings. The predicted octanol–water partition coefficient (Wildman–Crippen LogP) is 2.44. The molecule has 0 amide bonds. The van der Waals surface area contributed by atoms with Gasteiger partial charge in [0.15, 0.2) is 0 Å². The van der Waals surface area contributed by atoms with E-state index in [1.54, 1.807) is 0 Å². The molecule has 0 saturated heterocycles. The van der Waals surface area contributed by atoms with Gasteiger partial charge in [-0.25, -0.2) is 4.40 Å². The molecule has 2 nitrogen and oxygen atoms in total. The van der Waals surface area contributed by atoms with Gasteiger partial charge in [-0.2, -0.15) is 0 Å². The third-order valence-electron chi connectivity index (χ3n) is 2.06. The molecule has 0 aromatic carbocycles. The first-order chi connectivity index (χ1) is 5.70. The molecule has 3 heteroatoms. The molecule has 1 unspecified atom stereocenters. The lowest BCUT2D eigenvalue weighted by molar-refractivity contribution is 1.07. The average molecular weight is 180 g/mol. The summed E-state index contributed by atoms with van der Waals surface area (Å²) in [7, 11) is 0. The number of nitrogens with one attached hydrogen (secondary N) is 1. The Morgan fingerprint density at radius 2 is 2.17 bits per heavy atom. The van der Waals surface area contributed by atoms with Crippen LogP contribution in [-0.2, 0) is 0 Å². The molecule has 0 bridgehead atoms. The molecule has 1 aliphatic carbocycles. The normalized spacial score (nSPS) is 26.6. The molecule has 0 aromatic rings. The summed E-state index contributed by atoms with van der Waals surface area (Å²) < 4.78 is 3.88. The highest BCUT2D eigenvalue weighted by Crippen LogP contribution is 2.21. The van der Waals surface area contributed by atoms with Crippen molar-refractivity contribution in [1.82, 2.24) is 0 Å². The molecule has 0 heterocycles. The lowest BCUT2D eigenvalue weighted by Crippen LogP contribution is -2.20. The highest BCUT2D eigenvalue weighted by molar-refractivity contribution is 7.79. The van der Waals surface area contributed by atoms with E-state index in [0.717, 1.165) is 16.9 Å². The Morgan fingerprint density at radius 3 is 2.58 bits per heavy atom. The van der Waals surface area contributed by atoms with Crippen molar-refractivity contribution in [3.05, 3.63) is 23.3 Å². The minimum absolute atomic E-state index is 0.0208. The van der Waals surface area contributed by atoms with E-state index in [4.69, 9.17) is 5.41 Å². The fourth-order valence-electron chi connectivity index (χ4n) is 1.26. The van der Waals surface area contributed by atoms with Crippen LogP contribution in [0.5, 0.6) is 0 Å². The maximum Gasteiger partial charge on any atom is 0.0637 e. The molecule has 1 N–H and O–H groups in total. The first kappa shape index (κ1) is 9.26. The molecule has 0 aliphatic heterocycles. The molecule has 0 aromatic heterocycles. The maximum atomic E-state index is 7.24. The van der Waals surface area contributed by atoms with Crippen molar-refractivity contribution in [3.8, 4) is 0 Å². The second kappa shape index (κ2) is 3.72. The van der Waals surface area contributed by atoms with E-state index in [9.17, 15) is 0 Å². The molecule has 1 aliphatic rings. The summed E-state index contributed by atoms with van der Waals surface area (Å²) in [5, 5.41) is 7.24. The van der Waals surface area contributed by atoms with Crippen LogP contribution in [0, 0.1) is 11.3 Å². The van der Waals surface area contributed by atoms with E-state index >= 15 is 0 Å². The summed E-state index contributed by atoms with van der Waals surface area (Å²) in [5.41, 5.74) is 3.11. The van der Waals surface area contributed by atoms with Gasteiger partial charge in [0.05, 0.1) is 11.6 Å². The SMILES string of the molecule is CC1=CC=C(C)C(C=N)/C1=N\S. The zero-order valence-corrected chi connectivity index (χ0v) is 8.10. The van der Waals surface area contributed by atoms with Gasteiger partial charge in [-0.15, -0.1) is 0 Å². The summed E-state index contributed by atoms with van der Waals surface area (Å²) in [6, 6.07) is 0. The molecular formula is C9H12N2S. The van der Waals surface area contributed by atoms with Crippen molar-refractivity contribution >= 4 is 24.7 Å². The van der Waals surface area contributed by atoms with Crippen LogP contribution in [0.2, 0.25) is 0 Å². The molecule has 64 valence electrons. The Bertz CT molecular complexity index is 287. The van der Waals surface area contributed by atoms with E-state index in [0.29, 0.717) is 0 Å². The highest BCUT2D eigenvalue weighted by Gasteiger charge is 2.19. The first-order valence-electron chi connectivity index (χ1n) is 3.78. The zero-order chi connectivity index (χ0) is 9.14. The summed E-state index contributed by atoms with van der Waals surface area (Å²) >= 11 is 3.89. The van der Waals surface area contributed by atoms with Crippen LogP contribution in [0.3, 0.4) is 0 Å². The topological polar surface area (TPSA) is 36.2 Å². The Kier molecular flexibility index (Phi) is 2.87. The van der Waals surface area contributed by atoms with E-state index in [2.05, 4.69) is 17.2 Å². The highest BCUT2D eigenvalue weighted by atomic mass is 32.1. The zero-order valence-electron chi connectivity index (χ0n) is 7.20. The molecule has 1 rings (SSSR count). The van der Waals surface area contributed by atoms with Gasteiger partial charge in [-0.3, -0.25) is 0 Å². The Morgan fingerprint density at radius 1 is 1.50 bits per heavy atom. The average Bonchev–Trinajstić information content (AvgIpc) is 2.08. The van der Waals surface area contributed by atoms with Crippen LogP contribution in [0.4, 0.5) is 0 Å². The number of hydrogen-bond donors (Lipinski definition) is 2. The fourth-order valence-corrected chi connectivity index (χ4v) is 1.54. The van der Waals surface area contributed by atoms with Gasteiger partial charge in [0.25, 0.3) is 0 Å². The van der Waals surface area contributed by atoms with E-state index in [1.165, 1.54) is 6.21 Å².